The fourth-order valence-electron chi connectivity index (χ4n) is 3.02. The van der Waals surface area contributed by atoms with Crippen LogP contribution in [0.5, 0.6) is 5.75 Å². The van der Waals surface area contributed by atoms with Crippen LogP contribution in [0, 0.1) is 6.92 Å². The Morgan fingerprint density at radius 3 is 2.90 bits per heavy atom. The average Bonchev–Trinajstić information content (AvgIpc) is 3.00. The fraction of sp³-hybridized carbons (Fsp3) is 0.500. The lowest BCUT2D eigenvalue weighted by molar-refractivity contribution is 0.307. The minimum atomic E-state index is 0.742. The average molecular weight is 284 g/mol. The summed E-state index contributed by atoms with van der Waals surface area (Å²) in [7, 11) is 0. The molecule has 3 rings (SSSR count). The van der Waals surface area contributed by atoms with Gasteiger partial charge in [0.05, 0.1) is 6.61 Å². The number of aromatic nitrogens is 1. The Kier molecular flexibility index (Phi) is 4.71. The van der Waals surface area contributed by atoms with Gasteiger partial charge in [0.15, 0.2) is 0 Å². The van der Waals surface area contributed by atoms with Gasteiger partial charge < -0.3 is 10.1 Å². The van der Waals surface area contributed by atoms with Gasteiger partial charge in [-0.2, -0.15) is 0 Å². The Labute approximate surface area is 126 Å². The van der Waals surface area contributed by atoms with Crippen LogP contribution in [0.3, 0.4) is 0 Å². The molecule has 0 atom stereocenters. The van der Waals surface area contributed by atoms with E-state index in [1.807, 2.05) is 25.1 Å². The third kappa shape index (κ3) is 3.73. The maximum absolute atomic E-state index is 5.94. The van der Waals surface area contributed by atoms with Crippen molar-refractivity contribution in [2.24, 2.45) is 0 Å². The fourth-order valence-corrected chi connectivity index (χ4v) is 3.02. The molecule has 21 heavy (non-hydrogen) atoms. The summed E-state index contributed by atoms with van der Waals surface area (Å²) in [6.45, 7) is 3.80. The van der Waals surface area contributed by atoms with Crippen LogP contribution in [0.25, 0.3) is 10.9 Å². The quantitative estimate of drug-likeness (QED) is 0.818. The number of nitrogens with one attached hydrogen (secondary N) is 1. The van der Waals surface area contributed by atoms with Gasteiger partial charge in [0.1, 0.15) is 11.3 Å². The van der Waals surface area contributed by atoms with Crippen molar-refractivity contribution in [3.63, 3.8) is 0 Å². The van der Waals surface area contributed by atoms with E-state index in [1.54, 1.807) is 0 Å². The van der Waals surface area contributed by atoms with Crippen LogP contribution < -0.4 is 10.1 Å². The van der Waals surface area contributed by atoms with E-state index in [2.05, 4.69) is 22.4 Å². The number of nitrogens with zero attached hydrogens (tertiary/aromatic N) is 1. The molecule has 0 radical (unpaired) electrons. The molecule has 1 heterocycles. The van der Waals surface area contributed by atoms with Crippen LogP contribution in [0.4, 0.5) is 0 Å². The number of aryl methyl sites for hydroxylation is 1. The van der Waals surface area contributed by atoms with Crippen molar-refractivity contribution in [1.29, 1.82) is 0 Å². The number of benzene rings is 1. The molecule has 1 N–H and O–H groups in total. The molecular weight excluding hydrogens is 260 g/mol. The molecule has 0 amide bonds. The molecule has 0 saturated heterocycles. The predicted octanol–water partition coefficient (Wildman–Crippen LogP) is 3.84. The molecule has 0 spiro atoms. The summed E-state index contributed by atoms with van der Waals surface area (Å²) in [6, 6.07) is 11.0. The van der Waals surface area contributed by atoms with Gasteiger partial charge >= 0.3 is 0 Å². The van der Waals surface area contributed by atoms with E-state index >= 15 is 0 Å². The molecule has 1 saturated carbocycles. The van der Waals surface area contributed by atoms with E-state index in [0.717, 1.165) is 48.0 Å². The summed E-state index contributed by atoms with van der Waals surface area (Å²) in [5.74, 6) is 0.900. The van der Waals surface area contributed by atoms with E-state index in [0.29, 0.717) is 0 Å². The lowest BCUT2D eigenvalue weighted by atomic mass is 10.2. The summed E-state index contributed by atoms with van der Waals surface area (Å²) in [5.41, 5.74) is 2.00. The Hall–Kier alpha value is -1.61. The van der Waals surface area contributed by atoms with Gasteiger partial charge in [0, 0.05) is 17.1 Å². The van der Waals surface area contributed by atoms with Crippen molar-refractivity contribution in [3.8, 4) is 5.75 Å². The van der Waals surface area contributed by atoms with Crippen LogP contribution in [0.1, 0.15) is 37.8 Å². The van der Waals surface area contributed by atoms with E-state index in [9.17, 15) is 0 Å². The highest BCUT2D eigenvalue weighted by atomic mass is 16.5. The molecule has 0 bridgehead atoms. The molecular formula is C18H24N2O. The molecule has 3 nitrogen and oxygen atoms in total. The van der Waals surface area contributed by atoms with Crippen molar-refractivity contribution in [3.05, 3.63) is 36.0 Å². The van der Waals surface area contributed by atoms with E-state index in [-0.39, 0.29) is 0 Å². The minimum Gasteiger partial charge on any atom is -0.491 e. The second kappa shape index (κ2) is 6.90. The Balaban J connectivity index is 1.51. The van der Waals surface area contributed by atoms with E-state index in [1.165, 1.54) is 25.7 Å². The summed E-state index contributed by atoms with van der Waals surface area (Å²) >= 11 is 0. The number of rotatable bonds is 6. The molecule has 1 aliphatic rings. The summed E-state index contributed by atoms with van der Waals surface area (Å²) in [4.78, 5) is 4.60. The molecule has 0 unspecified atom stereocenters. The summed E-state index contributed by atoms with van der Waals surface area (Å²) < 4.78 is 5.94. The van der Waals surface area contributed by atoms with Gasteiger partial charge in [-0.15, -0.1) is 0 Å². The SMILES string of the molecule is Cc1ccc2cccc(OCCCNC3CCCC3)c2n1. The zero-order chi connectivity index (χ0) is 14.5. The van der Waals surface area contributed by atoms with Gasteiger partial charge in [-0.3, -0.25) is 0 Å². The molecule has 0 aliphatic heterocycles. The predicted molar refractivity (Wildman–Crippen MR) is 86.9 cm³/mol. The minimum absolute atomic E-state index is 0.742. The first kappa shape index (κ1) is 14.3. The van der Waals surface area contributed by atoms with Crippen molar-refractivity contribution in [2.45, 2.75) is 45.1 Å². The van der Waals surface area contributed by atoms with Gasteiger partial charge in [-0.1, -0.05) is 31.0 Å². The van der Waals surface area contributed by atoms with Crippen LogP contribution in [0.2, 0.25) is 0 Å². The second-order valence-electron chi connectivity index (χ2n) is 5.92. The molecule has 1 aliphatic carbocycles. The first-order valence-corrected chi connectivity index (χ1v) is 8.05. The van der Waals surface area contributed by atoms with Crippen molar-refractivity contribution >= 4 is 10.9 Å². The first-order chi connectivity index (χ1) is 10.3. The Morgan fingerprint density at radius 1 is 1.19 bits per heavy atom. The Morgan fingerprint density at radius 2 is 2.05 bits per heavy atom. The molecule has 1 aromatic heterocycles. The van der Waals surface area contributed by atoms with Gasteiger partial charge in [-0.05, 0) is 44.9 Å². The third-order valence-electron chi connectivity index (χ3n) is 4.19. The van der Waals surface area contributed by atoms with Crippen molar-refractivity contribution < 1.29 is 4.74 Å². The zero-order valence-corrected chi connectivity index (χ0v) is 12.8. The molecule has 1 aromatic carbocycles. The van der Waals surface area contributed by atoms with E-state index in [4.69, 9.17) is 4.74 Å². The highest BCUT2D eigenvalue weighted by Gasteiger charge is 2.13. The molecule has 112 valence electrons. The van der Waals surface area contributed by atoms with Crippen LogP contribution in [0.15, 0.2) is 30.3 Å². The normalized spacial score (nSPS) is 15.7. The lowest BCUT2D eigenvalue weighted by Crippen LogP contribution is -2.27. The third-order valence-corrected chi connectivity index (χ3v) is 4.19. The number of para-hydroxylation sites is 1. The highest BCUT2D eigenvalue weighted by Crippen LogP contribution is 2.24. The highest BCUT2D eigenvalue weighted by molar-refractivity contribution is 5.84. The topological polar surface area (TPSA) is 34.1 Å². The smallest absolute Gasteiger partial charge is 0.145 e. The number of hydrogen-bond donors (Lipinski definition) is 1. The van der Waals surface area contributed by atoms with Gasteiger partial charge in [0.25, 0.3) is 0 Å². The molecule has 3 heteroatoms. The largest absolute Gasteiger partial charge is 0.491 e. The van der Waals surface area contributed by atoms with Crippen LogP contribution in [-0.4, -0.2) is 24.2 Å². The summed E-state index contributed by atoms with van der Waals surface area (Å²) in [6.07, 6.45) is 6.49. The maximum atomic E-state index is 5.94. The Bertz CT molecular complexity index is 591. The number of ether oxygens (including phenoxy) is 1. The second-order valence-corrected chi connectivity index (χ2v) is 5.92. The van der Waals surface area contributed by atoms with E-state index < -0.39 is 0 Å². The zero-order valence-electron chi connectivity index (χ0n) is 12.8. The molecule has 1 fully saturated rings. The number of pyridine rings is 1. The van der Waals surface area contributed by atoms with Crippen LogP contribution in [-0.2, 0) is 0 Å². The first-order valence-electron chi connectivity index (χ1n) is 8.05. The molecule has 2 aromatic rings. The number of hydrogen-bond acceptors (Lipinski definition) is 3. The van der Waals surface area contributed by atoms with Gasteiger partial charge in [-0.25, -0.2) is 4.98 Å². The number of fused-ring (bicyclic) bond motifs is 1. The monoisotopic (exact) mass is 284 g/mol. The summed E-state index contributed by atoms with van der Waals surface area (Å²) in [5, 5.41) is 4.76. The standard InChI is InChI=1S/C18H24N2O/c1-14-10-11-15-6-4-9-17(18(15)20-14)21-13-5-12-19-16-7-2-3-8-16/h4,6,9-11,16,19H,2-3,5,7-8,12-13H2,1H3. The van der Waals surface area contributed by atoms with Crippen LogP contribution >= 0.6 is 0 Å². The lowest BCUT2D eigenvalue weighted by Gasteiger charge is -2.12. The maximum Gasteiger partial charge on any atom is 0.145 e. The van der Waals surface area contributed by atoms with Gasteiger partial charge in [0.2, 0.25) is 0 Å². The van der Waals surface area contributed by atoms with Crippen molar-refractivity contribution in [1.82, 2.24) is 10.3 Å². The van der Waals surface area contributed by atoms with Crippen molar-refractivity contribution in [2.75, 3.05) is 13.2 Å².